The Labute approximate surface area is 118 Å². The molecular weight excluding hydrogens is 238 g/mol. The van der Waals surface area contributed by atoms with Crippen LogP contribution in [0.25, 0.3) is 0 Å². The fourth-order valence-corrected chi connectivity index (χ4v) is 3.05. The Morgan fingerprint density at radius 3 is 2.42 bits per heavy atom. The van der Waals surface area contributed by atoms with Crippen molar-refractivity contribution in [1.82, 2.24) is 15.1 Å². The van der Waals surface area contributed by atoms with E-state index in [0.717, 1.165) is 32.3 Å². The molecule has 112 valence electrons. The van der Waals surface area contributed by atoms with Gasteiger partial charge in [0.2, 0.25) is 0 Å². The first-order valence-corrected chi connectivity index (χ1v) is 8.03. The highest BCUT2D eigenvalue weighted by molar-refractivity contribution is 4.78. The van der Waals surface area contributed by atoms with Crippen LogP contribution in [0.2, 0.25) is 0 Å². The molecule has 2 saturated heterocycles. The van der Waals surface area contributed by atoms with Crippen LogP contribution in [0.4, 0.5) is 0 Å². The van der Waals surface area contributed by atoms with Gasteiger partial charge < -0.3 is 15.0 Å². The Balaban J connectivity index is 1.49. The Morgan fingerprint density at radius 1 is 1.11 bits per heavy atom. The number of nitrogens with one attached hydrogen (secondary N) is 1. The quantitative estimate of drug-likeness (QED) is 0.733. The van der Waals surface area contributed by atoms with Crippen molar-refractivity contribution in [3.8, 4) is 0 Å². The van der Waals surface area contributed by atoms with Crippen molar-refractivity contribution < 1.29 is 4.74 Å². The van der Waals surface area contributed by atoms with Gasteiger partial charge in [0.25, 0.3) is 0 Å². The SMILES string of the molecule is CC(C)N1CCC(NCCCN2CCOCC2)CC1. The molecule has 2 rings (SSSR count). The summed E-state index contributed by atoms with van der Waals surface area (Å²) in [4.78, 5) is 5.11. The standard InChI is InChI=1S/C15H31N3O/c1-14(2)18-8-4-15(5-9-18)16-6-3-7-17-10-12-19-13-11-17/h14-16H,3-13H2,1-2H3. The number of hydrogen-bond donors (Lipinski definition) is 1. The lowest BCUT2D eigenvalue weighted by molar-refractivity contribution is 0.0372. The number of rotatable bonds is 6. The third kappa shape index (κ3) is 5.38. The van der Waals surface area contributed by atoms with Crippen LogP contribution >= 0.6 is 0 Å². The third-order valence-corrected chi connectivity index (χ3v) is 4.45. The molecule has 4 heteroatoms. The molecule has 19 heavy (non-hydrogen) atoms. The first kappa shape index (κ1) is 15.2. The van der Waals surface area contributed by atoms with E-state index >= 15 is 0 Å². The minimum atomic E-state index is 0.710. The molecule has 0 aromatic carbocycles. The van der Waals surface area contributed by atoms with E-state index in [-0.39, 0.29) is 0 Å². The third-order valence-electron chi connectivity index (χ3n) is 4.45. The predicted molar refractivity (Wildman–Crippen MR) is 79.6 cm³/mol. The number of piperidine rings is 1. The van der Waals surface area contributed by atoms with Crippen molar-refractivity contribution in [2.24, 2.45) is 0 Å². The molecule has 0 atom stereocenters. The van der Waals surface area contributed by atoms with Crippen LogP contribution in [0.5, 0.6) is 0 Å². The summed E-state index contributed by atoms with van der Waals surface area (Å²) in [7, 11) is 0. The minimum Gasteiger partial charge on any atom is -0.379 e. The smallest absolute Gasteiger partial charge is 0.0594 e. The van der Waals surface area contributed by atoms with Crippen LogP contribution in [-0.4, -0.2) is 74.4 Å². The van der Waals surface area contributed by atoms with Crippen LogP contribution in [0.3, 0.4) is 0 Å². The summed E-state index contributed by atoms with van der Waals surface area (Å²) in [6.45, 7) is 13.6. The number of ether oxygens (including phenoxy) is 1. The van der Waals surface area contributed by atoms with Gasteiger partial charge in [-0.3, -0.25) is 4.90 Å². The van der Waals surface area contributed by atoms with Gasteiger partial charge in [0, 0.05) is 25.2 Å². The Kier molecular flexibility index (Phi) is 6.57. The molecule has 0 saturated carbocycles. The van der Waals surface area contributed by atoms with Crippen LogP contribution in [0.1, 0.15) is 33.1 Å². The number of likely N-dealkylation sites (tertiary alicyclic amines) is 1. The van der Waals surface area contributed by atoms with Gasteiger partial charge in [0.15, 0.2) is 0 Å². The van der Waals surface area contributed by atoms with Gasteiger partial charge >= 0.3 is 0 Å². The van der Waals surface area contributed by atoms with Gasteiger partial charge in [0.05, 0.1) is 13.2 Å². The van der Waals surface area contributed by atoms with E-state index in [1.54, 1.807) is 0 Å². The maximum absolute atomic E-state index is 5.37. The van der Waals surface area contributed by atoms with Crippen molar-refractivity contribution in [2.45, 2.75) is 45.2 Å². The van der Waals surface area contributed by atoms with E-state index in [2.05, 4.69) is 29.0 Å². The topological polar surface area (TPSA) is 27.7 Å². The average molecular weight is 269 g/mol. The lowest BCUT2D eigenvalue weighted by Crippen LogP contribution is -2.45. The molecule has 0 aromatic heterocycles. The van der Waals surface area contributed by atoms with Crippen LogP contribution in [0, 0.1) is 0 Å². The van der Waals surface area contributed by atoms with Crippen molar-refractivity contribution in [1.29, 1.82) is 0 Å². The zero-order chi connectivity index (χ0) is 13.5. The molecule has 0 spiro atoms. The van der Waals surface area contributed by atoms with Gasteiger partial charge in [-0.1, -0.05) is 0 Å². The number of morpholine rings is 1. The van der Waals surface area contributed by atoms with Crippen molar-refractivity contribution in [3.05, 3.63) is 0 Å². The monoisotopic (exact) mass is 269 g/mol. The second-order valence-corrected chi connectivity index (χ2v) is 6.17. The molecule has 0 amide bonds. The van der Waals surface area contributed by atoms with Gasteiger partial charge in [0.1, 0.15) is 0 Å². The lowest BCUT2D eigenvalue weighted by atomic mass is 10.0. The fraction of sp³-hybridized carbons (Fsp3) is 1.00. The molecule has 0 aromatic rings. The molecule has 0 radical (unpaired) electrons. The predicted octanol–water partition coefficient (Wildman–Crippen LogP) is 1.17. The van der Waals surface area contributed by atoms with Gasteiger partial charge in [-0.2, -0.15) is 0 Å². The number of hydrogen-bond acceptors (Lipinski definition) is 4. The minimum absolute atomic E-state index is 0.710. The van der Waals surface area contributed by atoms with E-state index in [1.165, 1.54) is 45.4 Å². The highest BCUT2D eigenvalue weighted by Crippen LogP contribution is 2.12. The van der Waals surface area contributed by atoms with Crippen LogP contribution < -0.4 is 5.32 Å². The molecule has 2 aliphatic heterocycles. The summed E-state index contributed by atoms with van der Waals surface area (Å²) < 4.78 is 5.37. The van der Waals surface area contributed by atoms with Crippen molar-refractivity contribution in [3.63, 3.8) is 0 Å². The Morgan fingerprint density at radius 2 is 1.79 bits per heavy atom. The summed E-state index contributed by atoms with van der Waals surface area (Å²) in [5.41, 5.74) is 0. The van der Waals surface area contributed by atoms with E-state index in [1.807, 2.05) is 0 Å². The summed E-state index contributed by atoms with van der Waals surface area (Å²) >= 11 is 0. The Hall–Kier alpha value is -0.160. The summed E-state index contributed by atoms with van der Waals surface area (Å²) in [6, 6.07) is 1.46. The van der Waals surface area contributed by atoms with E-state index < -0.39 is 0 Å². The van der Waals surface area contributed by atoms with Crippen LogP contribution in [-0.2, 0) is 4.74 Å². The molecule has 2 aliphatic rings. The molecule has 2 heterocycles. The van der Waals surface area contributed by atoms with E-state index in [9.17, 15) is 0 Å². The first-order chi connectivity index (χ1) is 9.25. The maximum Gasteiger partial charge on any atom is 0.0594 e. The molecule has 4 nitrogen and oxygen atoms in total. The first-order valence-electron chi connectivity index (χ1n) is 8.03. The highest BCUT2D eigenvalue weighted by Gasteiger charge is 2.20. The van der Waals surface area contributed by atoms with Crippen molar-refractivity contribution >= 4 is 0 Å². The largest absolute Gasteiger partial charge is 0.379 e. The summed E-state index contributed by atoms with van der Waals surface area (Å²) in [5, 5.41) is 3.74. The molecule has 0 aliphatic carbocycles. The van der Waals surface area contributed by atoms with Gasteiger partial charge in [-0.05, 0) is 59.3 Å². The van der Waals surface area contributed by atoms with Gasteiger partial charge in [-0.25, -0.2) is 0 Å². The Bertz CT molecular complexity index is 234. The normalized spacial score (nSPS) is 24.2. The van der Waals surface area contributed by atoms with E-state index in [4.69, 9.17) is 4.74 Å². The number of nitrogens with zero attached hydrogens (tertiary/aromatic N) is 2. The highest BCUT2D eigenvalue weighted by atomic mass is 16.5. The fourth-order valence-electron chi connectivity index (χ4n) is 3.05. The molecule has 0 unspecified atom stereocenters. The van der Waals surface area contributed by atoms with E-state index in [0.29, 0.717) is 6.04 Å². The second-order valence-electron chi connectivity index (χ2n) is 6.17. The zero-order valence-corrected chi connectivity index (χ0v) is 12.7. The molecule has 0 bridgehead atoms. The average Bonchev–Trinajstić information content (AvgIpc) is 2.45. The second kappa shape index (κ2) is 8.20. The van der Waals surface area contributed by atoms with Crippen molar-refractivity contribution in [2.75, 3.05) is 52.5 Å². The lowest BCUT2D eigenvalue weighted by Gasteiger charge is -2.35. The molecule has 2 fully saturated rings. The molecular formula is C15H31N3O. The summed E-state index contributed by atoms with van der Waals surface area (Å²) in [5.74, 6) is 0. The maximum atomic E-state index is 5.37. The zero-order valence-electron chi connectivity index (χ0n) is 12.7. The molecule has 1 N–H and O–H groups in total. The van der Waals surface area contributed by atoms with Gasteiger partial charge in [-0.15, -0.1) is 0 Å². The summed E-state index contributed by atoms with van der Waals surface area (Å²) in [6.07, 6.45) is 3.90. The van der Waals surface area contributed by atoms with Crippen LogP contribution in [0.15, 0.2) is 0 Å².